The molecule has 1 N–H and O–H groups in total. The Morgan fingerprint density at radius 1 is 1.10 bits per heavy atom. The van der Waals surface area contributed by atoms with Gasteiger partial charge in [0.05, 0.1) is 0 Å². The minimum absolute atomic E-state index is 0.635. The van der Waals surface area contributed by atoms with Crippen LogP contribution >= 0.6 is 7.14 Å². The van der Waals surface area contributed by atoms with E-state index in [9.17, 15) is 9.67 Å². The van der Waals surface area contributed by atoms with Gasteiger partial charge in [0.2, 0.25) is 0 Å². The molecule has 0 saturated heterocycles. The summed E-state index contributed by atoms with van der Waals surface area (Å²) in [7, 11) is -2.62. The maximum absolute atomic E-state index is 13.3. The van der Waals surface area contributed by atoms with Gasteiger partial charge in [-0.15, -0.1) is 0 Å². The number of benzene rings is 1. The van der Waals surface area contributed by atoms with Crippen LogP contribution in [0.25, 0.3) is 6.08 Å². The second kappa shape index (κ2) is 8.56. The van der Waals surface area contributed by atoms with Crippen LogP contribution in [0.3, 0.4) is 0 Å². The Bertz CT molecular complexity index is 465. The van der Waals surface area contributed by atoms with Gasteiger partial charge in [-0.25, -0.2) is 0 Å². The van der Waals surface area contributed by atoms with Gasteiger partial charge in [0, 0.05) is 12.3 Å². The molecular weight excluding hydrogens is 279 g/mol. The van der Waals surface area contributed by atoms with E-state index in [1.54, 1.807) is 13.0 Å². The fourth-order valence-corrected chi connectivity index (χ4v) is 5.47. The Hall–Kier alpha value is -0.850. The lowest BCUT2D eigenvalue weighted by molar-refractivity contribution is 0.192. The van der Waals surface area contributed by atoms with Crippen LogP contribution in [0.1, 0.15) is 52.0 Å². The fourth-order valence-electron chi connectivity index (χ4n) is 2.35. The van der Waals surface area contributed by atoms with Gasteiger partial charge in [-0.3, -0.25) is 0 Å². The zero-order chi connectivity index (χ0) is 15.8. The first-order valence-corrected chi connectivity index (χ1v) is 10.1. The quantitative estimate of drug-likeness (QED) is 0.622. The predicted octanol–water partition coefficient (Wildman–Crippen LogP) is 5.37. The first kappa shape index (κ1) is 18.2. The average Bonchev–Trinajstić information content (AvgIpc) is 2.50. The third-order valence-electron chi connectivity index (χ3n) is 3.96. The van der Waals surface area contributed by atoms with E-state index >= 15 is 0 Å². The number of aliphatic hydroxyl groups is 1. The predicted molar refractivity (Wildman–Crippen MR) is 93.3 cm³/mol. The van der Waals surface area contributed by atoms with Crippen LogP contribution in [0.2, 0.25) is 0 Å². The van der Waals surface area contributed by atoms with Crippen molar-refractivity contribution in [3.05, 3.63) is 42.0 Å². The van der Waals surface area contributed by atoms with E-state index in [0.717, 1.165) is 31.2 Å². The summed E-state index contributed by atoms with van der Waals surface area (Å²) in [6.45, 7) is 5.90. The third kappa shape index (κ3) is 5.45. The lowest BCUT2D eigenvalue weighted by Gasteiger charge is -2.31. The molecule has 0 heterocycles. The monoisotopic (exact) mass is 308 g/mol. The van der Waals surface area contributed by atoms with Crippen LogP contribution in [0.4, 0.5) is 0 Å². The maximum atomic E-state index is 13.3. The van der Waals surface area contributed by atoms with Crippen LogP contribution in [0.5, 0.6) is 0 Å². The third-order valence-corrected chi connectivity index (χ3v) is 7.84. The summed E-state index contributed by atoms with van der Waals surface area (Å²) in [5.74, 6) is 0. The van der Waals surface area contributed by atoms with E-state index < -0.39 is 12.5 Å². The Balaban J connectivity index is 2.92. The Kier molecular flexibility index (Phi) is 7.42. The number of hydrogen-bond acceptors (Lipinski definition) is 2. The van der Waals surface area contributed by atoms with Crippen molar-refractivity contribution >= 4 is 13.2 Å². The van der Waals surface area contributed by atoms with Crippen molar-refractivity contribution in [2.75, 3.05) is 12.3 Å². The van der Waals surface area contributed by atoms with E-state index in [4.69, 9.17) is 0 Å². The summed E-state index contributed by atoms with van der Waals surface area (Å²) in [6.07, 6.45) is 8.72. The SMILES string of the molecule is CCCCP(=O)(CCCC)C(C)(O)C=Cc1ccccc1. The van der Waals surface area contributed by atoms with Gasteiger partial charge in [0.15, 0.2) is 0 Å². The highest BCUT2D eigenvalue weighted by Crippen LogP contribution is 2.58. The van der Waals surface area contributed by atoms with Crippen molar-refractivity contribution in [1.29, 1.82) is 0 Å². The van der Waals surface area contributed by atoms with Gasteiger partial charge in [0.25, 0.3) is 0 Å². The summed E-state index contributed by atoms with van der Waals surface area (Å²) in [5.41, 5.74) is 1.02. The van der Waals surface area contributed by atoms with E-state index in [1.165, 1.54) is 0 Å². The number of unbranched alkanes of at least 4 members (excludes halogenated alkanes) is 2. The van der Waals surface area contributed by atoms with Crippen molar-refractivity contribution in [2.24, 2.45) is 0 Å². The number of hydrogen-bond donors (Lipinski definition) is 1. The molecule has 118 valence electrons. The lowest BCUT2D eigenvalue weighted by Crippen LogP contribution is -2.25. The topological polar surface area (TPSA) is 37.3 Å². The van der Waals surface area contributed by atoms with Gasteiger partial charge in [-0.2, -0.15) is 0 Å². The van der Waals surface area contributed by atoms with Gasteiger partial charge in [-0.05, 0) is 31.4 Å². The van der Waals surface area contributed by atoms with Gasteiger partial charge >= 0.3 is 0 Å². The minimum atomic E-state index is -2.62. The first-order valence-electron chi connectivity index (χ1n) is 8.00. The summed E-state index contributed by atoms with van der Waals surface area (Å²) in [5, 5.41) is 9.58. The van der Waals surface area contributed by atoms with Crippen LogP contribution in [-0.2, 0) is 4.57 Å². The van der Waals surface area contributed by atoms with Crippen molar-refractivity contribution in [1.82, 2.24) is 0 Å². The summed E-state index contributed by atoms with van der Waals surface area (Å²) in [6, 6.07) is 9.85. The van der Waals surface area contributed by atoms with Crippen molar-refractivity contribution < 1.29 is 9.67 Å². The summed E-state index contributed by atoms with van der Waals surface area (Å²) in [4.78, 5) is 0. The Morgan fingerprint density at radius 3 is 2.10 bits per heavy atom. The molecule has 0 amide bonds. The van der Waals surface area contributed by atoms with E-state index in [-0.39, 0.29) is 0 Å². The summed E-state index contributed by atoms with van der Waals surface area (Å²) >= 11 is 0. The van der Waals surface area contributed by atoms with Crippen LogP contribution in [0.15, 0.2) is 36.4 Å². The molecule has 21 heavy (non-hydrogen) atoms. The van der Waals surface area contributed by atoms with Crippen molar-refractivity contribution in [3.8, 4) is 0 Å². The molecule has 3 heteroatoms. The molecule has 1 unspecified atom stereocenters. The second-order valence-electron chi connectivity index (χ2n) is 5.88. The molecule has 1 aromatic carbocycles. The summed E-state index contributed by atoms with van der Waals surface area (Å²) < 4.78 is 13.3. The van der Waals surface area contributed by atoms with Crippen molar-refractivity contribution in [2.45, 2.75) is 51.8 Å². The van der Waals surface area contributed by atoms with Crippen molar-refractivity contribution in [3.63, 3.8) is 0 Å². The molecule has 0 radical (unpaired) electrons. The molecule has 0 fully saturated rings. The Morgan fingerprint density at radius 2 is 1.62 bits per heavy atom. The highest BCUT2D eigenvalue weighted by molar-refractivity contribution is 7.65. The highest BCUT2D eigenvalue weighted by atomic mass is 31.2. The fraction of sp³-hybridized carbons (Fsp3) is 0.556. The zero-order valence-corrected chi connectivity index (χ0v) is 14.5. The number of rotatable bonds is 9. The molecule has 0 aliphatic carbocycles. The molecule has 1 rings (SSSR count). The van der Waals surface area contributed by atoms with Gasteiger partial charge in [-0.1, -0.05) is 63.1 Å². The molecule has 0 aliphatic heterocycles. The van der Waals surface area contributed by atoms with Crippen LogP contribution < -0.4 is 0 Å². The molecule has 0 aromatic heterocycles. The molecule has 0 saturated carbocycles. The minimum Gasteiger partial charge on any atom is -0.378 e. The normalized spacial score (nSPS) is 15.2. The lowest BCUT2D eigenvalue weighted by atomic mass is 10.2. The van der Waals surface area contributed by atoms with Crippen LogP contribution in [0, 0.1) is 0 Å². The zero-order valence-electron chi connectivity index (χ0n) is 13.6. The first-order chi connectivity index (χ1) is 9.95. The van der Waals surface area contributed by atoms with E-state index in [2.05, 4.69) is 13.8 Å². The van der Waals surface area contributed by atoms with Gasteiger partial charge < -0.3 is 9.67 Å². The largest absolute Gasteiger partial charge is 0.378 e. The smallest absolute Gasteiger partial charge is 0.133 e. The van der Waals surface area contributed by atoms with E-state index in [0.29, 0.717) is 12.3 Å². The molecule has 1 aromatic rings. The molecular formula is C18H29O2P. The molecule has 0 spiro atoms. The average molecular weight is 308 g/mol. The van der Waals surface area contributed by atoms with Gasteiger partial charge in [0.1, 0.15) is 12.5 Å². The second-order valence-corrected chi connectivity index (χ2v) is 9.46. The maximum Gasteiger partial charge on any atom is 0.133 e. The molecule has 0 aliphatic rings. The van der Waals surface area contributed by atoms with E-state index in [1.807, 2.05) is 36.4 Å². The highest BCUT2D eigenvalue weighted by Gasteiger charge is 2.39. The Labute approximate surface area is 129 Å². The molecule has 2 nitrogen and oxygen atoms in total. The molecule has 1 atom stereocenters. The molecule has 0 bridgehead atoms. The standard InChI is InChI=1S/C18H29O2P/c1-4-6-15-21(20,16-7-5-2)18(3,19)14-13-17-11-9-8-10-12-17/h8-14,19H,4-7,15-16H2,1-3H3. The van der Waals surface area contributed by atoms with Crippen LogP contribution in [-0.4, -0.2) is 22.8 Å².